The van der Waals surface area contributed by atoms with Crippen LogP contribution >= 0.6 is 34.8 Å². The minimum atomic E-state index is -0.822. The lowest BCUT2D eigenvalue weighted by atomic mass is 10.1. The van der Waals surface area contributed by atoms with Crippen LogP contribution < -0.4 is 4.90 Å². The summed E-state index contributed by atoms with van der Waals surface area (Å²) in [6, 6.07) is 14.7. The van der Waals surface area contributed by atoms with Gasteiger partial charge in [-0.15, -0.1) is 0 Å². The van der Waals surface area contributed by atoms with Crippen LogP contribution in [0.5, 0.6) is 0 Å². The van der Waals surface area contributed by atoms with Gasteiger partial charge in [-0.3, -0.25) is 14.4 Å². The molecule has 2 amide bonds. The molecule has 0 saturated heterocycles. The van der Waals surface area contributed by atoms with Crippen molar-refractivity contribution >= 4 is 64.1 Å². The molecule has 0 N–H and O–H groups in total. The number of halogens is 3. The van der Waals surface area contributed by atoms with E-state index < -0.39 is 30.2 Å². The van der Waals surface area contributed by atoms with Gasteiger partial charge >= 0.3 is 5.97 Å². The number of carbonyl (C=O) groups excluding carboxylic acids is 4. The second-order valence-electron chi connectivity index (χ2n) is 6.79. The summed E-state index contributed by atoms with van der Waals surface area (Å²) in [5, 5.41) is 0.736. The quantitative estimate of drug-likeness (QED) is 0.270. The Labute approximate surface area is 197 Å². The van der Waals surface area contributed by atoms with Gasteiger partial charge < -0.3 is 4.74 Å². The van der Waals surface area contributed by atoms with Gasteiger partial charge in [0.1, 0.15) is 0 Å². The Hall–Kier alpha value is -3.19. The van der Waals surface area contributed by atoms with Crippen molar-refractivity contribution in [2.75, 3.05) is 11.5 Å². The van der Waals surface area contributed by atoms with Crippen LogP contribution in [0.15, 0.2) is 60.7 Å². The van der Waals surface area contributed by atoms with E-state index in [1.165, 1.54) is 36.4 Å². The zero-order chi connectivity index (χ0) is 23.0. The van der Waals surface area contributed by atoms with E-state index in [-0.39, 0.29) is 38.0 Å². The van der Waals surface area contributed by atoms with E-state index >= 15 is 0 Å². The largest absolute Gasteiger partial charge is 0.454 e. The molecular formula is C23H12Cl3NO5. The van der Waals surface area contributed by atoms with Crippen molar-refractivity contribution in [1.29, 1.82) is 0 Å². The molecule has 32 heavy (non-hydrogen) atoms. The molecule has 0 bridgehead atoms. The molecule has 1 aliphatic heterocycles. The van der Waals surface area contributed by atoms with E-state index in [0.29, 0.717) is 5.02 Å². The van der Waals surface area contributed by atoms with Crippen LogP contribution in [0.2, 0.25) is 15.1 Å². The fraction of sp³-hybridized carbons (Fsp3) is 0.0435. The molecular weight excluding hydrogens is 477 g/mol. The minimum Gasteiger partial charge on any atom is -0.454 e. The summed E-state index contributed by atoms with van der Waals surface area (Å²) in [6.07, 6.45) is 0. The molecule has 0 aromatic heterocycles. The van der Waals surface area contributed by atoms with Crippen LogP contribution in [0.25, 0.3) is 0 Å². The number of fused-ring (bicyclic) bond motifs is 1. The maximum Gasteiger partial charge on any atom is 0.338 e. The first-order chi connectivity index (χ1) is 15.3. The van der Waals surface area contributed by atoms with Gasteiger partial charge in [-0.2, -0.15) is 0 Å². The van der Waals surface area contributed by atoms with Crippen LogP contribution in [-0.4, -0.2) is 30.2 Å². The molecule has 0 atom stereocenters. The number of amides is 2. The van der Waals surface area contributed by atoms with Gasteiger partial charge in [-0.25, -0.2) is 9.69 Å². The van der Waals surface area contributed by atoms with Crippen molar-refractivity contribution in [3.05, 3.63) is 98.0 Å². The molecule has 0 spiro atoms. The number of carbonyl (C=O) groups is 4. The highest BCUT2D eigenvalue weighted by atomic mass is 35.5. The molecule has 0 fully saturated rings. The topological polar surface area (TPSA) is 80.8 Å². The molecule has 3 aromatic rings. The zero-order valence-corrected chi connectivity index (χ0v) is 18.4. The molecule has 1 heterocycles. The van der Waals surface area contributed by atoms with Crippen molar-refractivity contribution in [3.63, 3.8) is 0 Å². The van der Waals surface area contributed by atoms with E-state index in [1.807, 2.05) is 0 Å². The van der Waals surface area contributed by atoms with Crippen molar-refractivity contribution in [2.45, 2.75) is 0 Å². The van der Waals surface area contributed by atoms with E-state index in [9.17, 15) is 19.2 Å². The second-order valence-corrected chi connectivity index (χ2v) is 8.01. The predicted octanol–water partition coefficient (Wildman–Crippen LogP) is 5.49. The number of ether oxygens (including phenoxy) is 1. The third kappa shape index (κ3) is 4.00. The Morgan fingerprint density at radius 2 is 1.44 bits per heavy atom. The smallest absolute Gasteiger partial charge is 0.338 e. The predicted molar refractivity (Wildman–Crippen MR) is 120 cm³/mol. The number of Topliss-reactive ketones (excluding diaryl/α,β-unsaturated/α-hetero) is 1. The lowest BCUT2D eigenvalue weighted by molar-refractivity contribution is 0.0474. The molecule has 0 saturated carbocycles. The van der Waals surface area contributed by atoms with Gasteiger partial charge in [0.15, 0.2) is 12.4 Å². The lowest BCUT2D eigenvalue weighted by Gasteiger charge is -2.15. The van der Waals surface area contributed by atoms with Crippen molar-refractivity contribution < 1.29 is 23.9 Å². The number of hydrogen-bond donors (Lipinski definition) is 0. The van der Waals surface area contributed by atoms with Gasteiger partial charge in [0, 0.05) is 5.56 Å². The highest BCUT2D eigenvalue weighted by Gasteiger charge is 2.38. The Kier molecular flexibility index (Phi) is 6.02. The average molecular weight is 489 g/mol. The maximum absolute atomic E-state index is 12.9. The maximum atomic E-state index is 12.9. The van der Waals surface area contributed by atoms with Crippen LogP contribution in [0, 0.1) is 0 Å². The van der Waals surface area contributed by atoms with E-state index in [1.54, 1.807) is 24.3 Å². The average Bonchev–Trinajstić information content (AvgIpc) is 3.03. The third-order valence-electron chi connectivity index (χ3n) is 4.79. The molecule has 9 heteroatoms. The summed E-state index contributed by atoms with van der Waals surface area (Å²) in [7, 11) is 0. The molecule has 0 unspecified atom stereocenters. The number of esters is 1. The van der Waals surface area contributed by atoms with Crippen LogP contribution in [-0.2, 0) is 4.74 Å². The number of para-hydroxylation sites is 1. The molecule has 0 radical (unpaired) electrons. The number of benzene rings is 3. The Morgan fingerprint density at radius 1 is 0.750 bits per heavy atom. The van der Waals surface area contributed by atoms with Crippen molar-refractivity contribution in [1.82, 2.24) is 0 Å². The van der Waals surface area contributed by atoms with Gasteiger partial charge in [-0.1, -0.05) is 46.9 Å². The number of anilines is 1. The lowest BCUT2D eigenvalue weighted by Crippen LogP contribution is -2.29. The number of imide groups is 1. The SMILES string of the molecule is O=C(COC(=O)c1ccc2c(c1)C(=O)N(c1ccccc1Cl)C2=O)c1ccc(Cl)c(Cl)c1. The fourth-order valence-electron chi connectivity index (χ4n) is 3.19. The summed E-state index contributed by atoms with van der Waals surface area (Å²) in [5.74, 6) is -2.46. The Bertz CT molecular complexity index is 1300. The minimum absolute atomic E-state index is 0.0212. The highest BCUT2D eigenvalue weighted by molar-refractivity contribution is 6.42. The molecule has 3 aromatic carbocycles. The van der Waals surface area contributed by atoms with E-state index in [2.05, 4.69) is 0 Å². The molecule has 1 aliphatic rings. The fourth-order valence-corrected chi connectivity index (χ4v) is 3.71. The van der Waals surface area contributed by atoms with Crippen LogP contribution in [0.1, 0.15) is 41.4 Å². The van der Waals surface area contributed by atoms with Gasteiger partial charge in [0.2, 0.25) is 0 Å². The molecule has 160 valence electrons. The monoisotopic (exact) mass is 487 g/mol. The van der Waals surface area contributed by atoms with E-state index in [4.69, 9.17) is 39.5 Å². The molecule has 0 aliphatic carbocycles. The molecule has 6 nitrogen and oxygen atoms in total. The number of ketones is 1. The third-order valence-corrected chi connectivity index (χ3v) is 5.85. The number of rotatable bonds is 5. The number of hydrogen-bond acceptors (Lipinski definition) is 5. The van der Waals surface area contributed by atoms with E-state index in [0.717, 1.165) is 4.90 Å². The van der Waals surface area contributed by atoms with Crippen molar-refractivity contribution in [3.8, 4) is 0 Å². The summed E-state index contributed by atoms with van der Waals surface area (Å²) < 4.78 is 5.07. The first-order valence-electron chi connectivity index (χ1n) is 9.20. The Morgan fingerprint density at radius 3 is 2.16 bits per heavy atom. The zero-order valence-electron chi connectivity index (χ0n) is 16.1. The van der Waals surface area contributed by atoms with Gasteiger partial charge in [0.05, 0.1) is 37.4 Å². The van der Waals surface area contributed by atoms with Crippen LogP contribution in [0.4, 0.5) is 5.69 Å². The first kappa shape index (κ1) is 22.0. The standard InChI is InChI=1S/C23H12Cl3NO5/c24-16-8-6-12(10-18(16)26)20(28)11-32-23(31)13-5-7-14-15(9-13)22(30)27(21(14)29)19-4-2-1-3-17(19)25/h1-10H,11H2. The second kappa shape index (κ2) is 8.74. The highest BCUT2D eigenvalue weighted by Crippen LogP contribution is 2.33. The van der Waals surface area contributed by atoms with Crippen molar-refractivity contribution in [2.24, 2.45) is 0 Å². The van der Waals surface area contributed by atoms with Gasteiger partial charge in [0.25, 0.3) is 11.8 Å². The van der Waals surface area contributed by atoms with Gasteiger partial charge in [-0.05, 0) is 48.5 Å². The molecule has 4 rings (SSSR count). The summed E-state index contributed by atoms with van der Waals surface area (Å²) in [5.41, 5.74) is 0.681. The summed E-state index contributed by atoms with van der Waals surface area (Å²) in [6.45, 7) is -0.535. The summed E-state index contributed by atoms with van der Waals surface area (Å²) in [4.78, 5) is 51.2. The Balaban J connectivity index is 1.51. The number of nitrogens with zero attached hydrogens (tertiary/aromatic N) is 1. The van der Waals surface area contributed by atoms with Crippen LogP contribution in [0.3, 0.4) is 0 Å². The first-order valence-corrected chi connectivity index (χ1v) is 10.3. The summed E-state index contributed by atoms with van der Waals surface area (Å²) >= 11 is 17.9. The normalized spacial score (nSPS) is 12.7.